The number of rotatable bonds is 5. The number of Topliss-reactive ketones (excluding diaryl/α,β-unsaturated/α-hetero) is 1. The summed E-state index contributed by atoms with van der Waals surface area (Å²) < 4.78 is 0. The molecule has 82 valence electrons. The van der Waals surface area contributed by atoms with E-state index in [9.17, 15) is 9.59 Å². The minimum absolute atomic E-state index is 0.0134. The van der Waals surface area contributed by atoms with E-state index < -0.39 is 0 Å². The number of thiophene rings is 1. The van der Waals surface area contributed by atoms with Crippen molar-refractivity contribution in [3.63, 3.8) is 0 Å². The summed E-state index contributed by atoms with van der Waals surface area (Å²) in [6, 6.07) is 1.63. The van der Waals surface area contributed by atoms with E-state index in [0.717, 1.165) is 6.54 Å². The minimum atomic E-state index is -0.122. The van der Waals surface area contributed by atoms with Crippen LogP contribution in [0, 0.1) is 0 Å². The van der Waals surface area contributed by atoms with Crippen LogP contribution < -0.4 is 10.6 Å². The van der Waals surface area contributed by atoms with E-state index in [2.05, 4.69) is 10.6 Å². The number of amides is 1. The van der Waals surface area contributed by atoms with Gasteiger partial charge in [-0.3, -0.25) is 9.59 Å². The summed E-state index contributed by atoms with van der Waals surface area (Å²) in [5.41, 5.74) is 0.596. The normalized spacial score (nSPS) is 10.0. The van der Waals surface area contributed by atoms with Crippen LogP contribution >= 0.6 is 11.3 Å². The minimum Gasteiger partial charge on any atom is -0.350 e. The van der Waals surface area contributed by atoms with Crippen molar-refractivity contribution in [3.05, 3.63) is 21.9 Å². The topological polar surface area (TPSA) is 58.2 Å². The van der Waals surface area contributed by atoms with Gasteiger partial charge in [-0.15, -0.1) is 11.3 Å². The highest BCUT2D eigenvalue weighted by Gasteiger charge is 2.10. The van der Waals surface area contributed by atoms with Crippen molar-refractivity contribution < 1.29 is 9.59 Å². The van der Waals surface area contributed by atoms with E-state index >= 15 is 0 Å². The van der Waals surface area contributed by atoms with E-state index in [1.807, 2.05) is 7.05 Å². The third-order valence-electron chi connectivity index (χ3n) is 1.89. The van der Waals surface area contributed by atoms with Crippen LogP contribution in [-0.2, 0) is 0 Å². The Kier molecular flexibility index (Phi) is 4.45. The summed E-state index contributed by atoms with van der Waals surface area (Å²) in [5, 5.41) is 7.39. The molecule has 1 heterocycles. The molecule has 1 aromatic rings. The molecule has 0 bridgehead atoms. The SMILES string of the molecule is CNCCNC(=O)c1cc(C(C)=O)cs1. The number of nitrogens with one attached hydrogen (secondary N) is 2. The predicted octanol–water partition coefficient (Wildman–Crippen LogP) is 0.900. The molecule has 1 aromatic heterocycles. The lowest BCUT2D eigenvalue weighted by Gasteiger charge is -2.01. The molecular formula is C10H14N2O2S. The molecule has 0 aromatic carbocycles. The Morgan fingerprint density at radius 3 is 2.67 bits per heavy atom. The molecule has 15 heavy (non-hydrogen) atoms. The molecule has 1 rings (SSSR count). The van der Waals surface area contributed by atoms with E-state index in [0.29, 0.717) is 17.0 Å². The number of carbonyl (C=O) groups is 2. The van der Waals surface area contributed by atoms with Crippen LogP contribution in [0.15, 0.2) is 11.4 Å². The fourth-order valence-corrected chi connectivity index (χ4v) is 1.89. The van der Waals surface area contributed by atoms with Crippen molar-refractivity contribution in [1.29, 1.82) is 0 Å². The van der Waals surface area contributed by atoms with Gasteiger partial charge in [0.25, 0.3) is 5.91 Å². The molecule has 0 atom stereocenters. The van der Waals surface area contributed by atoms with Crippen LogP contribution in [0.25, 0.3) is 0 Å². The second kappa shape index (κ2) is 5.63. The van der Waals surface area contributed by atoms with Gasteiger partial charge in [0, 0.05) is 24.0 Å². The monoisotopic (exact) mass is 226 g/mol. The molecule has 0 fully saturated rings. The van der Waals surface area contributed by atoms with E-state index in [4.69, 9.17) is 0 Å². The van der Waals surface area contributed by atoms with Gasteiger partial charge < -0.3 is 10.6 Å². The molecule has 0 spiro atoms. The van der Waals surface area contributed by atoms with Gasteiger partial charge in [0.05, 0.1) is 4.88 Å². The Labute approximate surface area is 92.7 Å². The molecule has 0 saturated heterocycles. The van der Waals surface area contributed by atoms with Gasteiger partial charge in [-0.2, -0.15) is 0 Å². The van der Waals surface area contributed by atoms with Crippen molar-refractivity contribution in [2.75, 3.05) is 20.1 Å². The smallest absolute Gasteiger partial charge is 0.261 e. The third kappa shape index (κ3) is 3.45. The van der Waals surface area contributed by atoms with Crippen molar-refractivity contribution in [1.82, 2.24) is 10.6 Å². The van der Waals surface area contributed by atoms with Crippen LogP contribution in [0.5, 0.6) is 0 Å². The van der Waals surface area contributed by atoms with Gasteiger partial charge in [-0.05, 0) is 20.0 Å². The predicted molar refractivity (Wildman–Crippen MR) is 60.6 cm³/mol. The maximum absolute atomic E-state index is 11.5. The molecule has 0 saturated carbocycles. The van der Waals surface area contributed by atoms with Gasteiger partial charge in [-0.25, -0.2) is 0 Å². The van der Waals surface area contributed by atoms with Crippen molar-refractivity contribution in [3.8, 4) is 0 Å². The van der Waals surface area contributed by atoms with Crippen molar-refractivity contribution in [2.24, 2.45) is 0 Å². The number of hydrogen-bond donors (Lipinski definition) is 2. The highest BCUT2D eigenvalue weighted by atomic mass is 32.1. The van der Waals surface area contributed by atoms with Gasteiger partial charge in [-0.1, -0.05) is 0 Å². The van der Waals surface area contributed by atoms with Crippen LogP contribution in [0.4, 0.5) is 0 Å². The number of ketones is 1. The maximum Gasteiger partial charge on any atom is 0.261 e. The van der Waals surface area contributed by atoms with Crippen LogP contribution in [0.3, 0.4) is 0 Å². The van der Waals surface area contributed by atoms with Gasteiger partial charge >= 0.3 is 0 Å². The number of likely N-dealkylation sites (N-methyl/N-ethyl adjacent to an activating group) is 1. The molecule has 2 N–H and O–H groups in total. The molecule has 0 radical (unpaired) electrons. The second-order valence-corrected chi connectivity index (χ2v) is 4.03. The lowest BCUT2D eigenvalue weighted by atomic mass is 10.2. The lowest BCUT2D eigenvalue weighted by molar-refractivity contribution is 0.0958. The van der Waals surface area contributed by atoms with E-state index in [1.165, 1.54) is 18.3 Å². The molecular weight excluding hydrogens is 212 g/mol. The maximum atomic E-state index is 11.5. The Bertz CT molecular complexity index is 360. The molecule has 5 heteroatoms. The van der Waals surface area contributed by atoms with E-state index in [-0.39, 0.29) is 11.7 Å². The Morgan fingerprint density at radius 1 is 1.40 bits per heavy atom. The number of hydrogen-bond acceptors (Lipinski definition) is 4. The molecule has 0 aliphatic carbocycles. The van der Waals surface area contributed by atoms with Gasteiger partial charge in [0.2, 0.25) is 0 Å². The highest BCUT2D eigenvalue weighted by Crippen LogP contribution is 2.14. The first-order valence-corrected chi connectivity index (χ1v) is 5.55. The average molecular weight is 226 g/mol. The summed E-state index contributed by atoms with van der Waals surface area (Å²) in [6.07, 6.45) is 0. The molecule has 4 nitrogen and oxygen atoms in total. The quantitative estimate of drug-likeness (QED) is 0.579. The Balaban J connectivity index is 2.54. The van der Waals surface area contributed by atoms with Gasteiger partial charge in [0.1, 0.15) is 0 Å². The Hall–Kier alpha value is -1.20. The average Bonchev–Trinajstić information content (AvgIpc) is 2.66. The first kappa shape index (κ1) is 11.9. The fourth-order valence-electron chi connectivity index (χ4n) is 1.03. The molecule has 0 unspecified atom stereocenters. The van der Waals surface area contributed by atoms with Crippen LogP contribution in [0.1, 0.15) is 27.0 Å². The molecule has 0 aliphatic rings. The fraction of sp³-hybridized carbons (Fsp3) is 0.400. The van der Waals surface area contributed by atoms with Crippen molar-refractivity contribution >= 4 is 23.0 Å². The standard InChI is InChI=1S/C10H14N2O2S/c1-7(13)8-5-9(15-6-8)10(14)12-4-3-11-2/h5-6,11H,3-4H2,1-2H3,(H,12,14). The zero-order chi connectivity index (χ0) is 11.3. The summed E-state index contributed by atoms with van der Waals surface area (Å²) in [6.45, 7) is 2.81. The molecule has 0 aliphatic heterocycles. The largest absolute Gasteiger partial charge is 0.350 e. The zero-order valence-corrected chi connectivity index (χ0v) is 9.61. The summed E-state index contributed by atoms with van der Waals surface area (Å²) in [7, 11) is 1.82. The summed E-state index contributed by atoms with van der Waals surface area (Å²) >= 11 is 1.29. The van der Waals surface area contributed by atoms with Crippen LogP contribution in [-0.4, -0.2) is 31.8 Å². The van der Waals surface area contributed by atoms with Crippen LogP contribution in [0.2, 0.25) is 0 Å². The first-order chi connectivity index (χ1) is 7.15. The summed E-state index contributed by atoms with van der Waals surface area (Å²) in [4.78, 5) is 23.1. The van der Waals surface area contributed by atoms with Gasteiger partial charge in [0.15, 0.2) is 5.78 Å². The van der Waals surface area contributed by atoms with Crippen molar-refractivity contribution in [2.45, 2.75) is 6.92 Å². The van der Waals surface area contributed by atoms with E-state index in [1.54, 1.807) is 11.4 Å². The number of carbonyl (C=O) groups excluding carboxylic acids is 2. The Morgan fingerprint density at radius 2 is 2.13 bits per heavy atom. The summed E-state index contributed by atoms with van der Waals surface area (Å²) in [5.74, 6) is -0.136. The lowest BCUT2D eigenvalue weighted by Crippen LogP contribution is -2.29. The molecule has 1 amide bonds. The third-order valence-corrected chi connectivity index (χ3v) is 2.82. The zero-order valence-electron chi connectivity index (χ0n) is 8.79. The second-order valence-electron chi connectivity index (χ2n) is 3.12. The first-order valence-electron chi connectivity index (χ1n) is 4.67. The highest BCUT2D eigenvalue weighted by molar-refractivity contribution is 7.12.